The highest BCUT2D eigenvalue weighted by Gasteiger charge is 2.63. The van der Waals surface area contributed by atoms with Crippen molar-refractivity contribution in [2.75, 3.05) is 6.54 Å². The number of hydrogen-bond donors (Lipinski definition) is 0. The molecule has 8 heteroatoms. The molecule has 0 aromatic rings. The Morgan fingerprint density at radius 1 is 1.25 bits per heavy atom. The van der Waals surface area contributed by atoms with E-state index in [0.717, 1.165) is 0 Å². The van der Waals surface area contributed by atoms with Gasteiger partial charge in [0.15, 0.2) is 0 Å². The van der Waals surface area contributed by atoms with Crippen LogP contribution in [-0.2, 0) is 0 Å². The van der Waals surface area contributed by atoms with Gasteiger partial charge in [0, 0.05) is 6.54 Å². The molecule has 0 spiro atoms. The minimum Gasteiger partial charge on any atom is -0.273 e. The zero-order valence-electron chi connectivity index (χ0n) is 8.80. The summed E-state index contributed by atoms with van der Waals surface area (Å²) in [4.78, 5) is -0.0807. The second kappa shape index (κ2) is 4.06. The van der Waals surface area contributed by atoms with Crippen molar-refractivity contribution in [3.8, 4) is 0 Å². The smallest absolute Gasteiger partial charge is 0.273 e. The maximum absolute atomic E-state index is 13.0. The summed E-state index contributed by atoms with van der Waals surface area (Å²) in [7, 11) is 0. The Morgan fingerprint density at radius 3 is 2.25 bits per heavy atom. The molecule has 1 atom stereocenters. The number of nitrogens with zero attached hydrogens (tertiary/aromatic N) is 3. The van der Waals surface area contributed by atoms with E-state index in [9.17, 15) is 22.0 Å². The van der Waals surface area contributed by atoms with E-state index in [1.165, 1.54) is 11.9 Å². The van der Waals surface area contributed by atoms with Gasteiger partial charge in [-0.15, -0.1) is 0 Å². The molecule has 1 aliphatic rings. The molecule has 0 N–H and O–H groups in total. The third-order valence-electron chi connectivity index (χ3n) is 2.28. The number of rotatable bonds is 3. The summed E-state index contributed by atoms with van der Waals surface area (Å²) in [5, 5.41) is 4.72. The van der Waals surface area contributed by atoms with Crippen LogP contribution in [0.3, 0.4) is 0 Å². The number of hydrazone groups is 1. The molecule has 16 heavy (non-hydrogen) atoms. The maximum Gasteiger partial charge on any atom is 0.475 e. The van der Waals surface area contributed by atoms with Gasteiger partial charge in [-0.1, -0.05) is 6.92 Å². The Balaban J connectivity index is 2.82. The second-order valence-electron chi connectivity index (χ2n) is 3.47. The molecule has 0 aliphatic carbocycles. The van der Waals surface area contributed by atoms with E-state index < -0.39 is 18.4 Å². The van der Waals surface area contributed by atoms with Gasteiger partial charge in [-0.2, -0.15) is 27.1 Å². The van der Waals surface area contributed by atoms with Gasteiger partial charge in [-0.25, -0.2) is 0 Å². The van der Waals surface area contributed by atoms with Crippen LogP contribution in [0.1, 0.15) is 20.3 Å². The fourth-order valence-electron chi connectivity index (χ4n) is 1.39. The normalized spacial score (nSPS) is 22.1. The first-order valence-electron chi connectivity index (χ1n) is 4.75. The standard InChI is InChI=1S/C8H12F5N3/c1-3-4-16-6(2)15(5-14-16)8(12,13)7(9,10)11/h5-6H,3-4H2,1-2H3. The minimum absolute atomic E-state index is 0.0807. The van der Waals surface area contributed by atoms with E-state index >= 15 is 0 Å². The van der Waals surface area contributed by atoms with Gasteiger partial charge in [0.2, 0.25) is 0 Å². The molecular formula is C8H12F5N3. The summed E-state index contributed by atoms with van der Waals surface area (Å²) < 4.78 is 62.3. The largest absolute Gasteiger partial charge is 0.475 e. The van der Waals surface area contributed by atoms with E-state index in [1.54, 1.807) is 6.92 Å². The van der Waals surface area contributed by atoms with Gasteiger partial charge >= 0.3 is 12.2 Å². The van der Waals surface area contributed by atoms with Gasteiger partial charge < -0.3 is 0 Å². The predicted octanol–water partition coefficient (Wildman–Crippen LogP) is 2.46. The Hall–Kier alpha value is -1.08. The highest BCUT2D eigenvalue weighted by Crippen LogP contribution is 2.40. The molecule has 1 rings (SSSR count). The molecule has 0 radical (unpaired) electrons. The highest BCUT2D eigenvalue weighted by molar-refractivity contribution is 5.58. The Kier molecular flexibility index (Phi) is 3.30. The first-order valence-corrected chi connectivity index (χ1v) is 4.75. The van der Waals surface area contributed by atoms with Crippen LogP contribution in [0.5, 0.6) is 0 Å². The molecule has 0 amide bonds. The third-order valence-corrected chi connectivity index (χ3v) is 2.28. The molecule has 94 valence electrons. The van der Waals surface area contributed by atoms with Gasteiger partial charge in [-0.05, 0) is 13.3 Å². The summed E-state index contributed by atoms with van der Waals surface area (Å²) in [5.41, 5.74) is 0. The lowest BCUT2D eigenvalue weighted by atomic mass is 10.3. The van der Waals surface area contributed by atoms with Crippen molar-refractivity contribution in [3.05, 3.63) is 0 Å². The van der Waals surface area contributed by atoms with Crippen LogP contribution in [0.25, 0.3) is 0 Å². The quantitative estimate of drug-likeness (QED) is 0.562. The van der Waals surface area contributed by atoms with Crippen LogP contribution in [0.2, 0.25) is 0 Å². The second-order valence-corrected chi connectivity index (χ2v) is 3.47. The zero-order valence-corrected chi connectivity index (χ0v) is 8.80. The van der Waals surface area contributed by atoms with E-state index in [4.69, 9.17) is 0 Å². The minimum atomic E-state index is -5.60. The summed E-state index contributed by atoms with van der Waals surface area (Å²) in [5.74, 6) is 0. The van der Waals surface area contributed by atoms with Gasteiger partial charge in [0.1, 0.15) is 12.5 Å². The average Bonchev–Trinajstić information content (AvgIpc) is 2.47. The lowest BCUT2D eigenvalue weighted by molar-refractivity contribution is -0.332. The van der Waals surface area contributed by atoms with Crippen LogP contribution in [0.15, 0.2) is 5.10 Å². The molecule has 1 aliphatic heterocycles. The number of halogens is 5. The zero-order chi connectivity index (χ0) is 12.6. The molecular weight excluding hydrogens is 233 g/mol. The van der Waals surface area contributed by atoms with Crippen LogP contribution >= 0.6 is 0 Å². The van der Waals surface area contributed by atoms with Gasteiger partial charge in [-0.3, -0.25) is 9.91 Å². The van der Waals surface area contributed by atoms with E-state index in [0.29, 0.717) is 19.3 Å². The predicted molar refractivity (Wildman–Crippen MR) is 47.8 cm³/mol. The molecule has 1 heterocycles. The Morgan fingerprint density at radius 2 is 1.81 bits per heavy atom. The van der Waals surface area contributed by atoms with Crippen LogP contribution in [0.4, 0.5) is 22.0 Å². The monoisotopic (exact) mass is 245 g/mol. The molecule has 1 unspecified atom stereocenters. The van der Waals surface area contributed by atoms with Crippen LogP contribution in [-0.4, -0.2) is 41.2 Å². The summed E-state index contributed by atoms with van der Waals surface area (Å²) >= 11 is 0. The summed E-state index contributed by atoms with van der Waals surface area (Å²) in [6, 6.07) is -4.89. The van der Waals surface area contributed by atoms with Crippen molar-refractivity contribution in [1.29, 1.82) is 0 Å². The van der Waals surface area contributed by atoms with Crippen LogP contribution < -0.4 is 0 Å². The fourth-order valence-corrected chi connectivity index (χ4v) is 1.39. The Bertz CT molecular complexity index is 275. The van der Waals surface area contributed by atoms with Gasteiger partial charge in [0.05, 0.1) is 0 Å². The van der Waals surface area contributed by atoms with Crippen LogP contribution in [0, 0.1) is 0 Å². The molecule has 0 fully saturated rings. The summed E-state index contributed by atoms with van der Waals surface area (Å²) in [6.07, 6.45) is -5.55. The van der Waals surface area contributed by atoms with Crippen molar-refractivity contribution in [1.82, 2.24) is 9.91 Å². The number of alkyl halides is 5. The molecule has 0 aromatic carbocycles. The number of hydrogen-bond acceptors (Lipinski definition) is 3. The van der Waals surface area contributed by atoms with Crippen molar-refractivity contribution >= 4 is 6.34 Å². The van der Waals surface area contributed by atoms with Crippen molar-refractivity contribution < 1.29 is 22.0 Å². The van der Waals surface area contributed by atoms with E-state index in [2.05, 4.69) is 5.10 Å². The molecule has 0 bridgehead atoms. The fraction of sp³-hybridized carbons (Fsp3) is 0.875. The van der Waals surface area contributed by atoms with Crippen molar-refractivity contribution in [3.63, 3.8) is 0 Å². The first kappa shape index (κ1) is 13.0. The SMILES string of the molecule is CCCN1N=CN(C(F)(F)C(F)(F)F)C1C. The van der Waals surface area contributed by atoms with Crippen molar-refractivity contribution in [2.45, 2.75) is 38.7 Å². The van der Waals surface area contributed by atoms with E-state index in [1.807, 2.05) is 0 Å². The lowest BCUT2D eigenvalue weighted by Gasteiger charge is -2.33. The maximum atomic E-state index is 13.0. The summed E-state index contributed by atoms with van der Waals surface area (Å²) in [6.45, 7) is 3.37. The topological polar surface area (TPSA) is 18.8 Å². The molecule has 0 aromatic heterocycles. The molecule has 0 saturated heterocycles. The van der Waals surface area contributed by atoms with Gasteiger partial charge in [0.25, 0.3) is 0 Å². The van der Waals surface area contributed by atoms with Crippen molar-refractivity contribution in [2.24, 2.45) is 5.10 Å². The lowest BCUT2D eigenvalue weighted by Crippen LogP contribution is -2.55. The first-order chi connectivity index (χ1) is 7.21. The molecule has 0 saturated carbocycles. The Labute approximate surface area is 89.5 Å². The third kappa shape index (κ3) is 2.05. The highest BCUT2D eigenvalue weighted by atomic mass is 19.4. The average molecular weight is 245 g/mol. The van der Waals surface area contributed by atoms with E-state index in [-0.39, 0.29) is 4.90 Å². The molecule has 3 nitrogen and oxygen atoms in total.